The predicted octanol–water partition coefficient (Wildman–Crippen LogP) is -0.340. The lowest BCUT2D eigenvalue weighted by Gasteiger charge is -2.31. The number of carbonyl (C=O) groups excluding carboxylic acids is 3. The summed E-state index contributed by atoms with van der Waals surface area (Å²) in [5.74, 6) is -0.365. The average Bonchev–Trinajstić information content (AvgIpc) is 2.94. The Balaban J connectivity index is 2.01. The molecule has 1 saturated carbocycles. The van der Waals surface area contributed by atoms with E-state index >= 15 is 0 Å². The zero-order valence-corrected chi connectivity index (χ0v) is 8.66. The molecule has 1 heterocycles. The van der Waals surface area contributed by atoms with Crippen molar-refractivity contribution < 1.29 is 14.4 Å². The molecule has 1 aliphatic carbocycles. The second kappa shape index (κ2) is 3.64. The maximum absolute atomic E-state index is 11.7. The lowest BCUT2D eigenvalue weighted by molar-refractivity contribution is -0.149. The molecule has 82 valence electrons. The molecule has 2 fully saturated rings. The molecule has 1 atom stereocenters. The summed E-state index contributed by atoms with van der Waals surface area (Å²) in [5.41, 5.74) is 0. The van der Waals surface area contributed by atoms with Gasteiger partial charge in [0.25, 0.3) is 0 Å². The molecule has 1 aliphatic heterocycles. The molecular weight excluding hydrogens is 196 g/mol. The maximum Gasteiger partial charge on any atom is 0.249 e. The van der Waals surface area contributed by atoms with E-state index in [4.69, 9.17) is 0 Å². The summed E-state index contributed by atoms with van der Waals surface area (Å²) in [6.07, 6.45) is 2.66. The molecule has 5 nitrogen and oxygen atoms in total. The third-order valence-electron chi connectivity index (χ3n) is 2.90. The lowest BCUT2D eigenvalue weighted by Crippen LogP contribution is -2.58. The van der Waals surface area contributed by atoms with Crippen LogP contribution >= 0.6 is 0 Å². The number of nitrogens with one attached hydrogen (secondary N) is 1. The van der Waals surface area contributed by atoms with Crippen LogP contribution in [0, 0.1) is 5.92 Å². The van der Waals surface area contributed by atoms with Crippen LogP contribution in [0.15, 0.2) is 0 Å². The molecule has 0 aromatic carbocycles. The molecule has 15 heavy (non-hydrogen) atoms. The van der Waals surface area contributed by atoms with E-state index in [0.29, 0.717) is 12.3 Å². The first kappa shape index (κ1) is 10.1. The minimum atomic E-state index is -0.519. The molecule has 2 rings (SSSR count). The van der Waals surface area contributed by atoms with Crippen molar-refractivity contribution in [2.75, 3.05) is 6.54 Å². The first-order valence-corrected chi connectivity index (χ1v) is 5.21. The van der Waals surface area contributed by atoms with E-state index in [1.165, 1.54) is 4.90 Å². The molecule has 2 aliphatic rings. The van der Waals surface area contributed by atoms with Gasteiger partial charge < -0.3 is 4.90 Å². The van der Waals surface area contributed by atoms with Crippen LogP contribution in [0.2, 0.25) is 0 Å². The van der Waals surface area contributed by atoms with Gasteiger partial charge >= 0.3 is 0 Å². The van der Waals surface area contributed by atoms with E-state index in [1.807, 2.05) is 0 Å². The third kappa shape index (κ3) is 2.16. The maximum atomic E-state index is 11.7. The van der Waals surface area contributed by atoms with Crippen molar-refractivity contribution in [3.05, 3.63) is 0 Å². The van der Waals surface area contributed by atoms with Gasteiger partial charge in [-0.2, -0.15) is 0 Å². The number of amides is 3. The highest BCUT2D eigenvalue weighted by Gasteiger charge is 2.35. The van der Waals surface area contributed by atoms with Crippen LogP contribution in [0.4, 0.5) is 0 Å². The van der Waals surface area contributed by atoms with Crippen molar-refractivity contribution in [1.82, 2.24) is 10.2 Å². The van der Waals surface area contributed by atoms with E-state index in [2.05, 4.69) is 5.32 Å². The first-order chi connectivity index (χ1) is 7.08. The normalized spacial score (nSPS) is 26.5. The fourth-order valence-electron chi connectivity index (χ4n) is 1.70. The largest absolute Gasteiger partial charge is 0.322 e. The third-order valence-corrected chi connectivity index (χ3v) is 2.90. The molecular formula is C10H14N2O3. The minimum absolute atomic E-state index is 0.0124. The van der Waals surface area contributed by atoms with Gasteiger partial charge in [0, 0.05) is 6.42 Å². The zero-order chi connectivity index (χ0) is 11.0. The van der Waals surface area contributed by atoms with E-state index in [9.17, 15) is 14.4 Å². The van der Waals surface area contributed by atoms with Gasteiger partial charge in [-0.3, -0.25) is 19.7 Å². The Kier molecular flexibility index (Phi) is 2.46. The number of hydrogen-bond acceptors (Lipinski definition) is 3. The van der Waals surface area contributed by atoms with Crippen LogP contribution < -0.4 is 5.32 Å². The van der Waals surface area contributed by atoms with Crippen molar-refractivity contribution in [2.45, 2.75) is 32.2 Å². The quantitative estimate of drug-likeness (QED) is 0.634. The van der Waals surface area contributed by atoms with Crippen molar-refractivity contribution in [3.63, 3.8) is 0 Å². The minimum Gasteiger partial charge on any atom is -0.322 e. The van der Waals surface area contributed by atoms with Crippen LogP contribution in [-0.2, 0) is 14.4 Å². The zero-order valence-electron chi connectivity index (χ0n) is 8.66. The highest BCUT2D eigenvalue weighted by atomic mass is 16.2. The van der Waals surface area contributed by atoms with Gasteiger partial charge in [-0.1, -0.05) is 0 Å². The van der Waals surface area contributed by atoms with E-state index < -0.39 is 6.04 Å². The second-order valence-corrected chi connectivity index (χ2v) is 4.26. The Bertz CT molecular complexity index is 323. The highest BCUT2D eigenvalue weighted by Crippen LogP contribution is 2.33. The topological polar surface area (TPSA) is 66.5 Å². The van der Waals surface area contributed by atoms with Gasteiger partial charge in [-0.15, -0.1) is 0 Å². The number of rotatable bonds is 2. The monoisotopic (exact) mass is 210 g/mol. The van der Waals surface area contributed by atoms with Gasteiger partial charge in [0.15, 0.2) is 0 Å². The molecule has 0 aromatic heterocycles. The van der Waals surface area contributed by atoms with E-state index in [-0.39, 0.29) is 24.3 Å². The molecule has 0 radical (unpaired) electrons. The summed E-state index contributed by atoms with van der Waals surface area (Å²) in [4.78, 5) is 35.5. The summed E-state index contributed by atoms with van der Waals surface area (Å²) in [6.45, 7) is 1.66. The van der Waals surface area contributed by atoms with Crippen LogP contribution in [0.1, 0.15) is 26.2 Å². The smallest absolute Gasteiger partial charge is 0.249 e. The van der Waals surface area contributed by atoms with E-state index in [1.54, 1.807) is 6.92 Å². The Labute approximate surface area is 87.8 Å². The Hall–Kier alpha value is -1.39. The van der Waals surface area contributed by atoms with Gasteiger partial charge in [-0.05, 0) is 25.7 Å². The molecule has 3 amide bonds. The average molecular weight is 210 g/mol. The Morgan fingerprint density at radius 3 is 2.73 bits per heavy atom. The molecule has 0 aromatic rings. The van der Waals surface area contributed by atoms with E-state index in [0.717, 1.165) is 12.8 Å². The summed E-state index contributed by atoms with van der Waals surface area (Å²) >= 11 is 0. The lowest BCUT2D eigenvalue weighted by atomic mass is 10.1. The Morgan fingerprint density at radius 1 is 1.47 bits per heavy atom. The van der Waals surface area contributed by atoms with Crippen molar-refractivity contribution >= 4 is 17.7 Å². The van der Waals surface area contributed by atoms with Gasteiger partial charge in [-0.25, -0.2) is 0 Å². The van der Waals surface area contributed by atoms with Crippen molar-refractivity contribution in [3.8, 4) is 0 Å². The second-order valence-electron chi connectivity index (χ2n) is 4.26. The summed E-state index contributed by atoms with van der Waals surface area (Å²) in [5, 5.41) is 2.21. The SMILES string of the molecule is CC1C(=O)NC(=O)CN1C(=O)CC1CC1. The van der Waals surface area contributed by atoms with Crippen molar-refractivity contribution in [1.29, 1.82) is 0 Å². The number of hydrogen-bond donors (Lipinski definition) is 1. The fourth-order valence-corrected chi connectivity index (χ4v) is 1.70. The number of nitrogens with zero attached hydrogens (tertiary/aromatic N) is 1. The number of imide groups is 1. The highest BCUT2D eigenvalue weighted by molar-refractivity contribution is 6.04. The fraction of sp³-hybridized carbons (Fsp3) is 0.700. The molecule has 5 heteroatoms. The molecule has 0 bridgehead atoms. The molecule has 1 saturated heterocycles. The number of carbonyl (C=O) groups is 3. The Morgan fingerprint density at radius 2 is 2.13 bits per heavy atom. The van der Waals surface area contributed by atoms with Gasteiger partial charge in [0.05, 0.1) is 0 Å². The van der Waals surface area contributed by atoms with Crippen LogP contribution in [-0.4, -0.2) is 35.2 Å². The summed E-state index contributed by atoms with van der Waals surface area (Å²) in [7, 11) is 0. The van der Waals surface area contributed by atoms with Crippen LogP contribution in [0.25, 0.3) is 0 Å². The van der Waals surface area contributed by atoms with Crippen LogP contribution in [0.3, 0.4) is 0 Å². The van der Waals surface area contributed by atoms with Gasteiger partial charge in [0.2, 0.25) is 17.7 Å². The molecule has 1 N–H and O–H groups in total. The molecule has 0 spiro atoms. The predicted molar refractivity (Wildman–Crippen MR) is 51.7 cm³/mol. The van der Waals surface area contributed by atoms with Gasteiger partial charge in [0.1, 0.15) is 12.6 Å². The first-order valence-electron chi connectivity index (χ1n) is 5.21. The number of piperazine rings is 1. The molecule has 1 unspecified atom stereocenters. The summed E-state index contributed by atoms with van der Waals surface area (Å²) < 4.78 is 0. The van der Waals surface area contributed by atoms with Crippen LogP contribution in [0.5, 0.6) is 0 Å². The summed E-state index contributed by atoms with van der Waals surface area (Å²) in [6, 6.07) is -0.519. The standard InChI is InChI=1S/C10H14N2O3/c1-6-10(15)11-8(13)5-12(6)9(14)4-7-2-3-7/h6-7H,2-5H2,1H3,(H,11,13,15). The van der Waals surface area contributed by atoms with Crippen molar-refractivity contribution in [2.24, 2.45) is 5.92 Å².